The van der Waals surface area contributed by atoms with Gasteiger partial charge in [0.25, 0.3) is 0 Å². The van der Waals surface area contributed by atoms with E-state index in [9.17, 15) is 14.4 Å². The van der Waals surface area contributed by atoms with Crippen molar-refractivity contribution >= 4 is 18.0 Å². The van der Waals surface area contributed by atoms with Crippen LogP contribution in [0.5, 0.6) is 0 Å². The van der Waals surface area contributed by atoms with Gasteiger partial charge in [-0.25, -0.2) is 4.79 Å². The highest BCUT2D eigenvalue weighted by Gasteiger charge is 2.43. The van der Waals surface area contributed by atoms with E-state index in [0.29, 0.717) is 13.0 Å². The van der Waals surface area contributed by atoms with Crippen LogP contribution in [-0.4, -0.2) is 42.3 Å². The number of ether oxygens (including phenoxy) is 1. The molecule has 4 rings (SSSR count). The highest BCUT2D eigenvalue weighted by atomic mass is 16.5. The standard InChI is InChI=1S/C24H26N2O5/c1-14(10-22(27)25-12-15-11-20(15)23(28)29)26-24(30)31-13-21-18-8-4-2-6-16(18)17-7-3-5-9-19(17)21/h2-9,14-15,20-21H,10-13H2,1H3,(H,25,27)(H,26,30)(H,28,29)/t14?,15-,20-/m1/s1. The minimum atomic E-state index is -0.815. The summed E-state index contributed by atoms with van der Waals surface area (Å²) in [5.74, 6) is -1.40. The van der Waals surface area contributed by atoms with Crippen molar-refractivity contribution in [2.24, 2.45) is 11.8 Å². The van der Waals surface area contributed by atoms with Crippen molar-refractivity contribution in [1.82, 2.24) is 10.6 Å². The average molecular weight is 422 g/mol. The second-order valence-corrected chi connectivity index (χ2v) is 8.32. The van der Waals surface area contributed by atoms with Gasteiger partial charge in [-0.05, 0) is 41.5 Å². The lowest BCUT2D eigenvalue weighted by atomic mass is 9.98. The fourth-order valence-corrected chi connectivity index (χ4v) is 4.26. The van der Waals surface area contributed by atoms with Gasteiger partial charge < -0.3 is 20.5 Å². The summed E-state index contributed by atoms with van der Waals surface area (Å²) in [6, 6.07) is 15.9. The number of aliphatic carboxylic acids is 1. The van der Waals surface area contributed by atoms with Gasteiger partial charge in [0.1, 0.15) is 6.61 Å². The van der Waals surface area contributed by atoms with Gasteiger partial charge in [-0.1, -0.05) is 48.5 Å². The third-order valence-corrected chi connectivity index (χ3v) is 6.00. The monoisotopic (exact) mass is 422 g/mol. The molecule has 3 atom stereocenters. The van der Waals surface area contributed by atoms with Gasteiger partial charge in [-0.15, -0.1) is 0 Å². The molecule has 0 aliphatic heterocycles. The van der Waals surface area contributed by atoms with Crippen LogP contribution in [-0.2, 0) is 14.3 Å². The number of rotatable bonds is 8. The van der Waals surface area contributed by atoms with Gasteiger partial charge in [0.05, 0.1) is 5.92 Å². The Morgan fingerprint density at radius 2 is 1.68 bits per heavy atom. The predicted molar refractivity (Wildman–Crippen MR) is 115 cm³/mol. The smallest absolute Gasteiger partial charge is 0.407 e. The number of hydrogen-bond acceptors (Lipinski definition) is 4. The topological polar surface area (TPSA) is 105 Å². The molecule has 0 spiro atoms. The first-order valence-corrected chi connectivity index (χ1v) is 10.5. The summed E-state index contributed by atoms with van der Waals surface area (Å²) in [6.45, 7) is 2.31. The van der Waals surface area contributed by atoms with Gasteiger partial charge in [-0.3, -0.25) is 9.59 Å². The number of carbonyl (C=O) groups is 3. The molecule has 1 fully saturated rings. The minimum Gasteiger partial charge on any atom is -0.481 e. The number of carboxylic acid groups (broad SMARTS) is 1. The Morgan fingerprint density at radius 1 is 1.06 bits per heavy atom. The van der Waals surface area contributed by atoms with Crippen molar-refractivity contribution in [3.63, 3.8) is 0 Å². The molecular weight excluding hydrogens is 396 g/mol. The van der Waals surface area contributed by atoms with Crippen LogP contribution in [0.3, 0.4) is 0 Å². The van der Waals surface area contributed by atoms with Crippen LogP contribution in [0.4, 0.5) is 4.79 Å². The van der Waals surface area contributed by atoms with E-state index < -0.39 is 18.1 Å². The lowest BCUT2D eigenvalue weighted by molar-refractivity contribution is -0.139. The van der Waals surface area contributed by atoms with Crippen molar-refractivity contribution < 1.29 is 24.2 Å². The summed E-state index contributed by atoms with van der Waals surface area (Å²) in [6.07, 6.45) is 0.146. The molecule has 3 N–H and O–H groups in total. The molecular formula is C24H26N2O5. The number of nitrogens with one attached hydrogen (secondary N) is 2. The number of carboxylic acids is 1. The average Bonchev–Trinajstić information content (AvgIpc) is 3.46. The maximum absolute atomic E-state index is 12.3. The number of carbonyl (C=O) groups excluding carboxylic acids is 2. The van der Waals surface area contributed by atoms with Crippen LogP contribution < -0.4 is 10.6 Å². The lowest BCUT2D eigenvalue weighted by Gasteiger charge is -2.17. The Balaban J connectivity index is 1.24. The summed E-state index contributed by atoms with van der Waals surface area (Å²) in [5, 5.41) is 14.3. The van der Waals surface area contributed by atoms with E-state index in [1.54, 1.807) is 6.92 Å². The first-order valence-electron chi connectivity index (χ1n) is 10.5. The maximum atomic E-state index is 12.3. The molecule has 1 unspecified atom stereocenters. The van der Waals surface area contributed by atoms with E-state index >= 15 is 0 Å². The van der Waals surface area contributed by atoms with Crippen LogP contribution in [0.1, 0.15) is 36.8 Å². The number of hydrogen-bond donors (Lipinski definition) is 3. The molecule has 2 aliphatic rings. The lowest BCUT2D eigenvalue weighted by Crippen LogP contribution is -2.38. The Hall–Kier alpha value is -3.35. The molecule has 0 radical (unpaired) electrons. The van der Waals surface area contributed by atoms with Crippen LogP contribution in [0.25, 0.3) is 11.1 Å². The first-order chi connectivity index (χ1) is 14.9. The van der Waals surface area contributed by atoms with Gasteiger partial charge in [-0.2, -0.15) is 0 Å². The van der Waals surface area contributed by atoms with E-state index in [1.807, 2.05) is 24.3 Å². The highest BCUT2D eigenvalue weighted by molar-refractivity contribution is 5.80. The highest BCUT2D eigenvalue weighted by Crippen LogP contribution is 2.44. The largest absolute Gasteiger partial charge is 0.481 e. The molecule has 7 nitrogen and oxygen atoms in total. The third kappa shape index (κ3) is 4.71. The number of benzene rings is 2. The van der Waals surface area contributed by atoms with Crippen molar-refractivity contribution in [1.29, 1.82) is 0 Å². The second-order valence-electron chi connectivity index (χ2n) is 8.32. The summed E-state index contributed by atoms with van der Waals surface area (Å²) in [5.41, 5.74) is 4.61. The van der Waals surface area contributed by atoms with E-state index in [1.165, 1.54) is 0 Å². The molecule has 2 aromatic rings. The van der Waals surface area contributed by atoms with Gasteiger partial charge >= 0.3 is 12.1 Å². The van der Waals surface area contributed by atoms with Crippen molar-refractivity contribution in [2.75, 3.05) is 13.2 Å². The third-order valence-electron chi connectivity index (χ3n) is 6.00. The van der Waals surface area contributed by atoms with E-state index in [0.717, 1.165) is 22.3 Å². The molecule has 2 amide bonds. The first kappa shape index (κ1) is 20.9. The number of fused-ring (bicyclic) bond motifs is 3. The molecule has 31 heavy (non-hydrogen) atoms. The molecule has 0 bridgehead atoms. The van der Waals surface area contributed by atoms with Gasteiger partial charge in [0.15, 0.2) is 0 Å². The quantitative estimate of drug-likeness (QED) is 0.606. The fourth-order valence-electron chi connectivity index (χ4n) is 4.26. The zero-order valence-electron chi connectivity index (χ0n) is 17.3. The predicted octanol–water partition coefficient (Wildman–Crippen LogP) is 3.14. The zero-order valence-corrected chi connectivity index (χ0v) is 17.3. The van der Waals surface area contributed by atoms with E-state index in [2.05, 4.69) is 34.9 Å². The van der Waals surface area contributed by atoms with E-state index in [-0.39, 0.29) is 36.7 Å². The Bertz CT molecular complexity index is 959. The molecule has 162 valence electrons. The van der Waals surface area contributed by atoms with Crippen LogP contribution in [0.15, 0.2) is 48.5 Å². The Morgan fingerprint density at radius 3 is 2.26 bits per heavy atom. The van der Waals surface area contributed by atoms with Crippen LogP contribution in [0, 0.1) is 11.8 Å². The maximum Gasteiger partial charge on any atom is 0.407 e. The normalized spacial score (nSPS) is 19.6. The fraction of sp³-hybridized carbons (Fsp3) is 0.375. The molecule has 2 aromatic carbocycles. The summed E-state index contributed by atoms with van der Waals surface area (Å²) >= 11 is 0. The molecule has 2 aliphatic carbocycles. The summed E-state index contributed by atoms with van der Waals surface area (Å²) in [4.78, 5) is 35.1. The zero-order chi connectivity index (χ0) is 22.0. The van der Waals surface area contributed by atoms with Crippen LogP contribution in [0.2, 0.25) is 0 Å². The van der Waals surface area contributed by atoms with Crippen molar-refractivity contribution in [3.05, 3.63) is 59.7 Å². The van der Waals surface area contributed by atoms with Crippen molar-refractivity contribution in [3.8, 4) is 11.1 Å². The molecule has 0 aromatic heterocycles. The Labute approximate surface area is 180 Å². The molecule has 7 heteroatoms. The van der Waals surface area contributed by atoms with Gasteiger partial charge in [0.2, 0.25) is 5.91 Å². The SMILES string of the molecule is CC(CC(=O)NC[C@H]1C[C@H]1C(=O)O)NC(=O)OCC1c2ccccc2-c2ccccc21. The van der Waals surface area contributed by atoms with Crippen molar-refractivity contribution in [2.45, 2.75) is 31.7 Å². The second kappa shape index (κ2) is 8.79. The van der Waals surface area contributed by atoms with E-state index in [4.69, 9.17) is 9.84 Å². The number of amides is 2. The number of alkyl carbamates (subject to hydrolysis) is 1. The van der Waals surface area contributed by atoms with Crippen LogP contribution >= 0.6 is 0 Å². The molecule has 0 saturated heterocycles. The van der Waals surface area contributed by atoms with Gasteiger partial charge in [0, 0.05) is 24.9 Å². The minimum absolute atomic E-state index is 0.00634. The molecule has 1 saturated carbocycles. The summed E-state index contributed by atoms with van der Waals surface area (Å²) < 4.78 is 5.49. The Kier molecular flexibility index (Phi) is 5.93. The summed E-state index contributed by atoms with van der Waals surface area (Å²) in [7, 11) is 0. The molecule has 0 heterocycles.